The number of rotatable bonds is 2. The molecule has 0 aliphatic carbocycles. The van der Waals surface area contributed by atoms with E-state index in [0.717, 1.165) is 6.26 Å². The molecule has 0 radical (unpaired) electrons. The summed E-state index contributed by atoms with van der Waals surface area (Å²) in [4.78, 5) is 0. The molecule has 0 bridgehead atoms. The zero-order valence-corrected chi connectivity index (χ0v) is 5.39. The summed E-state index contributed by atoms with van der Waals surface area (Å²) in [5.41, 5.74) is 5.26. The molecule has 3 nitrogen and oxygen atoms in total. The van der Waals surface area contributed by atoms with Gasteiger partial charge < -0.3 is 10.8 Å². The van der Waals surface area contributed by atoms with Crippen molar-refractivity contribution in [2.75, 3.05) is 0 Å². The van der Waals surface area contributed by atoms with Gasteiger partial charge in [-0.2, -0.15) is 0 Å². The smallest absolute Gasteiger partial charge is 0.120 e. The maximum Gasteiger partial charge on any atom is 0.120 e. The van der Waals surface area contributed by atoms with Gasteiger partial charge in [0, 0.05) is 0 Å². The standard InChI is InChI=1S/C5H7ClN2O/c6-5(8)2-1-4(7)3-9/h1-3,8-9H,7H2/b2-1-,4-3-,8-5?. The normalized spacial score (nSPS) is 12.3. The van der Waals surface area contributed by atoms with Crippen LogP contribution in [-0.2, 0) is 0 Å². The fourth-order valence-electron chi connectivity index (χ4n) is 0.212. The van der Waals surface area contributed by atoms with Gasteiger partial charge >= 0.3 is 0 Å². The van der Waals surface area contributed by atoms with Gasteiger partial charge in [0.2, 0.25) is 0 Å². The van der Waals surface area contributed by atoms with Crippen molar-refractivity contribution in [1.29, 1.82) is 5.41 Å². The first kappa shape index (κ1) is 8.04. The van der Waals surface area contributed by atoms with E-state index >= 15 is 0 Å². The van der Waals surface area contributed by atoms with Gasteiger partial charge in [-0.25, -0.2) is 0 Å². The van der Waals surface area contributed by atoms with E-state index in [1.54, 1.807) is 0 Å². The van der Waals surface area contributed by atoms with E-state index < -0.39 is 0 Å². The molecule has 0 heterocycles. The number of aliphatic hydroxyl groups is 1. The first-order chi connectivity index (χ1) is 4.16. The Kier molecular flexibility index (Phi) is 3.55. The van der Waals surface area contributed by atoms with E-state index in [0.29, 0.717) is 0 Å². The molecule has 0 aliphatic heterocycles. The van der Waals surface area contributed by atoms with Crippen LogP contribution in [0.4, 0.5) is 0 Å². The van der Waals surface area contributed by atoms with Crippen LogP contribution in [0, 0.1) is 5.41 Å². The number of hydrogen-bond acceptors (Lipinski definition) is 3. The number of allylic oxidation sites excluding steroid dienone is 2. The third-order valence-corrected chi connectivity index (χ3v) is 0.697. The minimum Gasteiger partial charge on any atom is -0.513 e. The maximum atomic E-state index is 8.20. The van der Waals surface area contributed by atoms with Crippen molar-refractivity contribution in [3.63, 3.8) is 0 Å². The van der Waals surface area contributed by atoms with Crippen LogP contribution in [0.3, 0.4) is 0 Å². The molecule has 0 unspecified atom stereocenters. The Balaban J connectivity index is 3.86. The summed E-state index contributed by atoms with van der Waals surface area (Å²) in [6.45, 7) is 0. The molecule has 0 aliphatic rings. The highest BCUT2D eigenvalue weighted by Crippen LogP contribution is 1.87. The van der Waals surface area contributed by atoms with E-state index in [1.807, 2.05) is 0 Å². The molecule has 0 rings (SSSR count). The number of hydrogen-bond donors (Lipinski definition) is 3. The van der Waals surface area contributed by atoms with Gasteiger partial charge in [0.15, 0.2) is 0 Å². The molecule has 0 aromatic rings. The Morgan fingerprint density at radius 1 is 1.56 bits per heavy atom. The lowest BCUT2D eigenvalue weighted by molar-refractivity contribution is 0.468. The summed E-state index contributed by atoms with van der Waals surface area (Å²) in [6.07, 6.45) is 3.33. The van der Waals surface area contributed by atoms with Crippen molar-refractivity contribution < 1.29 is 5.11 Å². The van der Waals surface area contributed by atoms with E-state index in [1.165, 1.54) is 12.2 Å². The molecule has 9 heavy (non-hydrogen) atoms. The van der Waals surface area contributed by atoms with Crippen LogP contribution in [0.2, 0.25) is 0 Å². The Morgan fingerprint density at radius 2 is 2.11 bits per heavy atom. The summed E-state index contributed by atoms with van der Waals surface area (Å²) in [5.74, 6) is 0. The molecule has 0 aromatic heterocycles. The topological polar surface area (TPSA) is 70.1 Å². The van der Waals surface area contributed by atoms with Gasteiger partial charge in [-0.15, -0.1) is 0 Å². The van der Waals surface area contributed by atoms with Crippen molar-refractivity contribution in [1.82, 2.24) is 0 Å². The van der Waals surface area contributed by atoms with Crippen LogP contribution in [-0.4, -0.2) is 10.3 Å². The van der Waals surface area contributed by atoms with Crippen LogP contribution < -0.4 is 5.73 Å². The minimum atomic E-state index is -0.125. The summed E-state index contributed by atoms with van der Waals surface area (Å²) in [7, 11) is 0. The van der Waals surface area contributed by atoms with Crippen molar-refractivity contribution in [3.05, 3.63) is 24.1 Å². The predicted octanol–water partition coefficient (Wildman–Crippen LogP) is 1.12. The second kappa shape index (κ2) is 3.97. The molecule has 4 N–H and O–H groups in total. The Labute approximate surface area is 57.9 Å². The minimum absolute atomic E-state index is 0.125. The second-order valence-corrected chi connectivity index (χ2v) is 1.72. The van der Waals surface area contributed by atoms with Crippen LogP contribution in [0.5, 0.6) is 0 Å². The third kappa shape index (κ3) is 4.90. The number of halogens is 1. The van der Waals surface area contributed by atoms with Gasteiger partial charge in [-0.05, 0) is 12.2 Å². The fourth-order valence-corrected chi connectivity index (χ4v) is 0.275. The van der Waals surface area contributed by atoms with E-state index in [9.17, 15) is 0 Å². The molecule has 0 saturated carbocycles. The highest BCUT2D eigenvalue weighted by Gasteiger charge is 1.80. The first-order valence-electron chi connectivity index (χ1n) is 2.19. The van der Waals surface area contributed by atoms with Crippen molar-refractivity contribution in [2.45, 2.75) is 0 Å². The molecule has 50 valence electrons. The number of nitrogens with one attached hydrogen (secondary N) is 1. The highest BCUT2D eigenvalue weighted by molar-refractivity contribution is 6.67. The van der Waals surface area contributed by atoms with Gasteiger partial charge in [-0.1, -0.05) is 11.6 Å². The molecule has 0 saturated heterocycles. The largest absolute Gasteiger partial charge is 0.513 e. The zero-order chi connectivity index (χ0) is 7.28. The van der Waals surface area contributed by atoms with Gasteiger partial charge in [0.05, 0.1) is 5.70 Å². The highest BCUT2D eigenvalue weighted by atomic mass is 35.5. The molecular formula is C5H7ClN2O. The molecule has 0 atom stereocenters. The molecule has 0 aromatic carbocycles. The molecule has 0 spiro atoms. The Bertz CT molecular complexity index is 162. The fraction of sp³-hybridized carbons (Fsp3) is 0. The molecule has 0 amide bonds. The lowest BCUT2D eigenvalue weighted by Gasteiger charge is -1.84. The van der Waals surface area contributed by atoms with Crippen LogP contribution in [0.15, 0.2) is 24.1 Å². The van der Waals surface area contributed by atoms with Crippen LogP contribution in [0.25, 0.3) is 0 Å². The van der Waals surface area contributed by atoms with Gasteiger partial charge in [0.25, 0.3) is 0 Å². The van der Waals surface area contributed by atoms with Crippen molar-refractivity contribution in [3.8, 4) is 0 Å². The van der Waals surface area contributed by atoms with Crippen LogP contribution >= 0.6 is 11.6 Å². The molecule has 4 heteroatoms. The first-order valence-corrected chi connectivity index (χ1v) is 2.56. The summed E-state index contributed by atoms with van der Waals surface area (Å²) < 4.78 is 0. The van der Waals surface area contributed by atoms with Crippen molar-refractivity contribution >= 4 is 16.8 Å². The summed E-state index contributed by atoms with van der Waals surface area (Å²) >= 11 is 5.11. The number of nitrogens with two attached hydrogens (primary N) is 1. The van der Waals surface area contributed by atoms with E-state index in [4.69, 9.17) is 27.9 Å². The summed E-state index contributed by atoms with van der Waals surface area (Å²) in [5, 5.41) is 14.7. The quantitative estimate of drug-likeness (QED) is 0.310. The SMILES string of the molecule is N=C(Cl)/C=C\C(N)=C\O. The van der Waals surface area contributed by atoms with Gasteiger partial charge in [0.1, 0.15) is 11.4 Å². The summed E-state index contributed by atoms with van der Waals surface area (Å²) in [6, 6.07) is 0. The lowest BCUT2D eigenvalue weighted by Crippen LogP contribution is -1.92. The van der Waals surface area contributed by atoms with E-state index in [-0.39, 0.29) is 10.9 Å². The lowest BCUT2D eigenvalue weighted by atomic mass is 10.4. The van der Waals surface area contributed by atoms with E-state index in [2.05, 4.69) is 0 Å². The number of aliphatic hydroxyl groups excluding tert-OH is 1. The molecular weight excluding hydrogens is 140 g/mol. The van der Waals surface area contributed by atoms with Crippen molar-refractivity contribution in [2.24, 2.45) is 5.73 Å². The Hall–Kier alpha value is -0.960. The van der Waals surface area contributed by atoms with Gasteiger partial charge in [-0.3, -0.25) is 5.41 Å². The monoisotopic (exact) mass is 146 g/mol. The predicted molar refractivity (Wildman–Crippen MR) is 37.6 cm³/mol. The second-order valence-electron chi connectivity index (χ2n) is 1.31. The zero-order valence-electron chi connectivity index (χ0n) is 4.63. The third-order valence-electron chi connectivity index (χ3n) is 0.571. The average molecular weight is 147 g/mol. The average Bonchev–Trinajstić information content (AvgIpc) is 1.83. The maximum absolute atomic E-state index is 8.20. The Morgan fingerprint density at radius 3 is 2.44 bits per heavy atom. The molecule has 0 fully saturated rings. The van der Waals surface area contributed by atoms with Crippen LogP contribution in [0.1, 0.15) is 0 Å².